The number of Topliss-reactive ketones (excluding diaryl/α,β-unsaturated/α-hetero) is 1. The number of carbonyl (C=O) groups excluding carboxylic acids is 1. The van der Waals surface area contributed by atoms with E-state index in [-0.39, 0.29) is 17.9 Å². The molecule has 0 N–H and O–H groups in total. The minimum absolute atomic E-state index is 0.0162. The number of benzene rings is 1. The van der Waals surface area contributed by atoms with Gasteiger partial charge in [0.2, 0.25) is 0 Å². The van der Waals surface area contributed by atoms with Gasteiger partial charge in [0, 0.05) is 5.56 Å². The molecule has 0 fully saturated rings. The second kappa shape index (κ2) is 6.46. The van der Waals surface area contributed by atoms with Gasteiger partial charge in [0.15, 0.2) is 5.78 Å². The smallest absolute Gasteiger partial charge is 0.271 e. The molecule has 0 spiro atoms. The van der Waals surface area contributed by atoms with E-state index in [1.807, 2.05) is 29.6 Å². The maximum absolute atomic E-state index is 12.4. The lowest BCUT2D eigenvalue weighted by Crippen LogP contribution is -2.24. The summed E-state index contributed by atoms with van der Waals surface area (Å²) in [5.41, 5.74) is 2.37. The van der Waals surface area contributed by atoms with Gasteiger partial charge in [-0.2, -0.15) is 0 Å². The normalized spacial score (nSPS) is 12.4. The summed E-state index contributed by atoms with van der Waals surface area (Å²) >= 11 is 1.35. The van der Waals surface area contributed by atoms with Gasteiger partial charge in [-0.1, -0.05) is 38.1 Å². The van der Waals surface area contributed by atoms with E-state index >= 15 is 0 Å². The molecule has 0 saturated heterocycles. The number of thiophene rings is 1. The van der Waals surface area contributed by atoms with Crippen LogP contribution in [0, 0.1) is 0 Å². The van der Waals surface area contributed by atoms with Crippen LogP contribution in [0.25, 0.3) is 10.2 Å². The van der Waals surface area contributed by atoms with Gasteiger partial charge < -0.3 is 0 Å². The van der Waals surface area contributed by atoms with E-state index in [9.17, 15) is 9.59 Å². The summed E-state index contributed by atoms with van der Waals surface area (Å²) < 4.78 is 1.97. The lowest BCUT2D eigenvalue weighted by atomic mass is 9.97. The van der Waals surface area contributed by atoms with E-state index in [2.05, 4.69) is 18.8 Å². The molecule has 0 saturated carbocycles. The molecule has 2 heterocycles. The van der Waals surface area contributed by atoms with Gasteiger partial charge in [0.05, 0.1) is 18.4 Å². The molecule has 0 aliphatic rings. The zero-order chi connectivity index (χ0) is 16.4. The van der Waals surface area contributed by atoms with Crippen molar-refractivity contribution in [2.45, 2.75) is 32.7 Å². The Morgan fingerprint density at radius 2 is 2.00 bits per heavy atom. The fourth-order valence-electron chi connectivity index (χ4n) is 2.47. The Kier molecular flexibility index (Phi) is 4.39. The molecule has 118 valence electrons. The van der Waals surface area contributed by atoms with Crippen LogP contribution in [0.4, 0.5) is 0 Å². The van der Waals surface area contributed by atoms with Crippen LogP contribution >= 0.6 is 11.3 Å². The van der Waals surface area contributed by atoms with Gasteiger partial charge in [-0.3, -0.25) is 14.2 Å². The van der Waals surface area contributed by atoms with E-state index in [0.717, 1.165) is 6.42 Å². The molecule has 23 heavy (non-hydrogen) atoms. The predicted molar refractivity (Wildman–Crippen MR) is 93.4 cm³/mol. The van der Waals surface area contributed by atoms with Crippen LogP contribution in [0.3, 0.4) is 0 Å². The van der Waals surface area contributed by atoms with Crippen molar-refractivity contribution in [2.75, 3.05) is 0 Å². The predicted octanol–water partition coefficient (Wildman–Crippen LogP) is 3.85. The second-order valence-corrected chi connectivity index (χ2v) is 6.58. The van der Waals surface area contributed by atoms with Crippen molar-refractivity contribution in [2.24, 2.45) is 0 Å². The molecule has 0 radical (unpaired) electrons. The second-order valence-electron chi connectivity index (χ2n) is 5.67. The average molecular weight is 326 g/mol. The van der Waals surface area contributed by atoms with Crippen molar-refractivity contribution in [3.05, 3.63) is 63.5 Å². The van der Waals surface area contributed by atoms with Crippen LogP contribution < -0.4 is 5.56 Å². The van der Waals surface area contributed by atoms with Crippen LogP contribution in [0.1, 0.15) is 42.1 Å². The topological polar surface area (TPSA) is 52.0 Å². The molecule has 0 aliphatic heterocycles. The third-order valence-electron chi connectivity index (χ3n) is 4.16. The van der Waals surface area contributed by atoms with E-state index in [1.165, 1.54) is 27.8 Å². The molecule has 4 nitrogen and oxygen atoms in total. The lowest BCUT2D eigenvalue weighted by molar-refractivity contribution is 0.0970. The van der Waals surface area contributed by atoms with E-state index in [0.29, 0.717) is 21.7 Å². The van der Waals surface area contributed by atoms with Gasteiger partial charge >= 0.3 is 0 Å². The average Bonchev–Trinajstić information content (AvgIpc) is 3.06. The summed E-state index contributed by atoms with van der Waals surface area (Å²) in [5.74, 6) is 0.396. The van der Waals surface area contributed by atoms with Crippen molar-refractivity contribution in [1.29, 1.82) is 0 Å². The third kappa shape index (κ3) is 3.10. The van der Waals surface area contributed by atoms with Gasteiger partial charge in [0.25, 0.3) is 5.56 Å². The fourth-order valence-corrected chi connectivity index (χ4v) is 3.26. The number of aromatic nitrogens is 2. The van der Waals surface area contributed by atoms with Gasteiger partial charge in [-0.15, -0.1) is 11.3 Å². The van der Waals surface area contributed by atoms with Crippen molar-refractivity contribution in [3.63, 3.8) is 0 Å². The Bertz CT molecular complexity index is 893. The SMILES string of the molecule is CC[C@H](C)c1ccc(C(=O)Cn2cnc3ccsc3c2=O)cc1. The van der Waals surface area contributed by atoms with Crippen molar-refractivity contribution in [1.82, 2.24) is 9.55 Å². The first-order valence-electron chi connectivity index (χ1n) is 7.66. The maximum atomic E-state index is 12.4. The number of ketones is 1. The molecular formula is C18H18N2O2S. The number of carbonyl (C=O) groups is 1. The Hall–Kier alpha value is -2.27. The molecule has 5 heteroatoms. The van der Waals surface area contributed by atoms with Crippen LogP contribution in [0.5, 0.6) is 0 Å². The highest BCUT2D eigenvalue weighted by molar-refractivity contribution is 7.17. The first-order valence-corrected chi connectivity index (χ1v) is 8.54. The number of fused-ring (bicyclic) bond motifs is 1. The summed E-state index contributed by atoms with van der Waals surface area (Å²) in [4.78, 5) is 28.9. The highest BCUT2D eigenvalue weighted by atomic mass is 32.1. The van der Waals surface area contributed by atoms with Gasteiger partial charge in [0.1, 0.15) is 4.70 Å². The summed E-state index contributed by atoms with van der Waals surface area (Å²) in [7, 11) is 0. The highest BCUT2D eigenvalue weighted by Gasteiger charge is 2.11. The quantitative estimate of drug-likeness (QED) is 0.669. The molecule has 2 aromatic heterocycles. The molecule has 3 rings (SSSR count). The fraction of sp³-hybridized carbons (Fsp3) is 0.278. The maximum Gasteiger partial charge on any atom is 0.271 e. The van der Waals surface area contributed by atoms with Crippen molar-refractivity contribution in [3.8, 4) is 0 Å². The van der Waals surface area contributed by atoms with Gasteiger partial charge in [-0.05, 0) is 29.3 Å². The van der Waals surface area contributed by atoms with Crippen molar-refractivity contribution < 1.29 is 4.79 Å². The Balaban J connectivity index is 1.83. The largest absolute Gasteiger partial charge is 0.292 e. The Morgan fingerprint density at radius 1 is 1.26 bits per heavy atom. The number of hydrogen-bond acceptors (Lipinski definition) is 4. The van der Waals surface area contributed by atoms with Crippen molar-refractivity contribution >= 4 is 27.3 Å². The number of nitrogens with zero attached hydrogens (tertiary/aromatic N) is 2. The monoisotopic (exact) mass is 326 g/mol. The van der Waals surface area contributed by atoms with E-state index < -0.39 is 0 Å². The summed E-state index contributed by atoms with van der Waals surface area (Å²) in [6.45, 7) is 4.32. The van der Waals surface area contributed by atoms with E-state index in [4.69, 9.17) is 0 Å². The highest BCUT2D eigenvalue weighted by Crippen LogP contribution is 2.19. The number of rotatable bonds is 5. The van der Waals surface area contributed by atoms with Crippen LogP contribution in [0.2, 0.25) is 0 Å². The summed E-state index contributed by atoms with van der Waals surface area (Å²) in [5, 5.41) is 1.83. The molecular weight excluding hydrogens is 308 g/mol. The Morgan fingerprint density at radius 3 is 2.70 bits per heavy atom. The molecule has 1 aromatic carbocycles. The van der Waals surface area contributed by atoms with Gasteiger partial charge in [-0.25, -0.2) is 4.98 Å². The van der Waals surface area contributed by atoms with Crippen LogP contribution in [0.15, 0.2) is 46.8 Å². The lowest BCUT2D eigenvalue weighted by Gasteiger charge is -2.10. The van der Waals surface area contributed by atoms with E-state index in [1.54, 1.807) is 6.07 Å². The standard InChI is InChI=1S/C18H18N2O2S/c1-3-12(2)13-4-6-14(7-5-13)16(21)10-20-11-19-15-8-9-23-17(15)18(20)22/h4-9,11-12H,3,10H2,1-2H3/t12-/m0/s1. The van der Waals surface area contributed by atoms with Crippen LogP contribution in [-0.2, 0) is 6.54 Å². The third-order valence-corrected chi connectivity index (χ3v) is 5.06. The molecule has 0 aliphatic carbocycles. The molecule has 3 aromatic rings. The minimum Gasteiger partial charge on any atom is -0.292 e. The number of hydrogen-bond donors (Lipinski definition) is 0. The first kappa shape index (κ1) is 15.6. The first-order chi connectivity index (χ1) is 11.1. The summed E-state index contributed by atoms with van der Waals surface area (Å²) in [6.07, 6.45) is 2.51. The molecule has 0 unspecified atom stereocenters. The Labute approximate surface area is 138 Å². The molecule has 1 atom stereocenters. The summed E-state index contributed by atoms with van der Waals surface area (Å²) in [6, 6.07) is 9.47. The zero-order valence-corrected chi connectivity index (χ0v) is 14.0. The van der Waals surface area contributed by atoms with Crippen LogP contribution in [-0.4, -0.2) is 15.3 Å². The minimum atomic E-state index is -0.158. The zero-order valence-electron chi connectivity index (χ0n) is 13.2. The molecule has 0 bridgehead atoms. The molecule has 0 amide bonds.